The molecule has 0 bridgehead atoms. The fourth-order valence-electron chi connectivity index (χ4n) is 2.67. The molecule has 2 saturated heterocycles. The molecule has 1 amide bonds. The summed E-state index contributed by atoms with van der Waals surface area (Å²) in [5.41, 5.74) is -2.40. The van der Waals surface area contributed by atoms with Crippen LogP contribution in [0.5, 0.6) is 0 Å². The van der Waals surface area contributed by atoms with E-state index in [-0.39, 0.29) is 19.5 Å². The summed E-state index contributed by atoms with van der Waals surface area (Å²) in [5.74, 6) is -2.18. The van der Waals surface area contributed by atoms with E-state index in [0.717, 1.165) is 0 Å². The van der Waals surface area contributed by atoms with Gasteiger partial charge in [0.2, 0.25) is 5.91 Å². The molecule has 0 aliphatic carbocycles. The van der Waals surface area contributed by atoms with E-state index in [9.17, 15) is 22.8 Å². The van der Waals surface area contributed by atoms with Gasteiger partial charge in [0.1, 0.15) is 0 Å². The van der Waals surface area contributed by atoms with Gasteiger partial charge in [0.25, 0.3) is 0 Å². The van der Waals surface area contributed by atoms with Crippen molar-refractivity contribution in [3.8, 4) is 0 Å². The lowest BCUT2D eigenvalue weighted by Gasteiger charge is -2.29. The minimum atomic E-state index is -4.62. The Bertz CT molecular complexity index is 421. The molecule has 21 heavy (non-hydrogen) atoms. The lowest BCUT2D eigenvalue weighted by atomic mass is 9.85. The van der Waals surface area contributed by atoms with Crippen molar-refractivity contribution < 1.29 is 32.6 Å². The van der Waals surface area contributed by atoms with Gasteiger partial charge in [-0.15, -0.1) is 0 Å². The summed E-state index contributed by atoms with van der Waals surface area (Å²) in [4.78, 5) is 22.7. The third-order valence-electron chi connectivity index (χ3n) is 4.01. The molecule has 3 atom stereocenters. The molecule has 0 aromatic heterocycles. The largest absolute Gasteiger partial charge is 0.479 e. The van der Waals surface area contributed by atoms with Crippen LogP contribution in [0.4, 0.5) is 13.2 Å². The van der Waals surface area contributed by atoms with Crippen LogP contribution in [-0.4, -0.2) is 55.0 Å². The lowest BCUT2D eigenvalue weighted by Crippen LogP contribution is -2.53. The minimum Gasteiger partial charge on any atom is -0.479 e. The molecule has 9 heteroatoms. The number of aliphatic carboxylic acids is 1. The number of rotatable bonds is 4. The van der Waals surface area contributed by atoms with E-state index in [1.807, 2.05) is 0 Å². The van der Waals surface area contributed by atoms with E-state index in [0.29, 0.717) is 12.8 Å². The molecule has 0 aromatic carbocycles. The van der Waals surface area contributed by atoms with E-state index >= 15 is 0 Å². The number of ether oxygens (including phenoxy) is 1. The van der Waals surface area contributed by atoms with E-state index in [2.05, 4.69) is 10.6 Å². The predicted octanol–water partition coefficient (Wildman–Crippen LogP) is 0.277. The maximum absolute atomic E-state index is 13.1. The highest BCUT2D eigenvalue weighted by molar-refractivity contribution is 5.84. The van der Waals surface area contributed by atoms with Crippen LogP contribution in [0.1, 0.15) is 19.3 Å². The van der Waals surface area contributed by atoms with Crippen molar-refractivity contribution in [1.29, 1.82) is 0 Å². The van der Waals surface area contributed by atoms with Gasteiger partial charge < -0.3 is 20.5 Å². The summed E-state index contributed by atoms with van der Waals surface area (Å²) in [6, 6.07) is 0. The van der Waals surface area contributed by atoms with E-state index in [4.69, 9.17) is 9.84 Å². The smallest absolute Gasteiger partial charge is 0.404 e. The Balaban J connectivity index is 1.91. The zero-order valence-electron chi connectivity index (χ0n) is 11.2. The van der Waals surface area contributed by atoms with Crippen molar-refractivity contribution in [2.75, 3.05) is 19.6 Å². The van der Waals surface area contributed by atoms with Crippen LogP contribution in [0.15, 0.2) is 0 Å². The summed E-state index contributed by atoms with van der Waals surface area (Å²) in [5, 5.41) is 13.6. The third kappa shape index (κ3) is 3.13. The number of carboxylic acid groups (broad SMARTS) is 1. The second kappa shape index (κ2) is 5.80. The minimum absolute atomic E-state index is 0.111. The molecule has 2 heterocycles. The second-order valence-electron chi connectivity index (χ2n) is 5.38. The molecule has 0 spiro atoms. The van der Waals surface area contributed by atoms with Crippen molar-refractivity contribution in [1.82, 2.24) is 10.6 Å². The third-order valence-corrected chi connectivity index (χ3v) is 4.01. The molecule has 2 fully saturated rings. The summed E-state index contributed by atoms with van der Waals surface area (Å²) < 4.78 is 44.5. The fraction of sp³-hybridized carbons (Fsp3) is 0.833. The molecule has 2 rings (SSSR count). The van der Waals surface area contributed by atoms with Crippen LogP contribution in [0, 0.1) is 5.41 Å². The van der Waals surface area contributed by atoms with Crippen molar-refractivity contribution in [3.05, 3.63) is 0 Å². The fourth-order valence-corrected chi connectivity index (χ4v) is 2.67. The normalized spacial score (nSPS) is 33.1. The van der Waals surface area contributed by atoms with Crippen molar-refractivity contribution in [2.45, 2.75) is 37.6 Å². The van der Waals surface area contributed by atoms with Crippen LogP contribution in [0.25, 0.3) is 0 Å². The monoisotopic (exact) mass is 310 g/mol. The molecular weight excluding hydrogens is 293 g/mol. The molecular formula is C12H17F3N2O4. The quantitative estimate of drug-likeness (QED) is 0.694. The van der Waals surface area contributed by atoms with Crippen molar-refractivity contribution in [2.24, 2.45) is 5.41 Å². The summed E-state index contributed by atoms with van der Waals surface area (Å²) in [7, 11) is 0. The Morgan fingerprint density at radius 3 is 2.57 bits per heavy atom. The van der Waals surface area contributed by atoms with Gasteiger partial charge in [0, 0.05) is 13.1 Å². The van der Waals surface area contributed by atoms with Gasteiger partial charge in [-0.05, 0) is 25.8 Å². The van der Waals surface area contributed by atoms with Gasteiger partial charge in [-0.25, -0.2) is 4.79 Å². The molecule has 0 radical (unpaired) electrons. The Hall–Kier alpha value is -1.35. The maximum Gasteiger partial charge on any atom is 0.404 e. The van der Waals surface area contributed by atoms with Crippen LogP contribution < -0.4 is 10.6 Å². The second-order valence-corrected chi connectivity index (χ2v) is 5.38. The Labute approximate surface area is 119 Å². The number of alkyl halides is 3. The highest BCUT2D eigenvalue weighted by Crippen LogP contribution is 2.43. The number of halogens is 3. The molecule has 3 N–H and O–H groups in total. The zero-order chi connectivity index (χ0) is 15.7. The summed E-state index contributed by atoms with van der Waals surface area (Å²) >= 11 is 0. The average Bonchev–Trinajstić information content (AvgIpc) is 3.04. The Kier molecular flexibility index (Phi) is 4.43. The number of nitrogens with one attached hydrogen (secondary N) is 2. The SMILES string of the molecule is O=C(O)C1CCC(CNC(=O)C2(C(F)(F)F)CCNC2)O1. The van der Waals surface area contributed by atoms with Gasteiger partial charge in [-0.1, -0.05) is 0 Å². The van der Waals surface area contributed by atoms with Gasteiger partial charge in [-0.3, -0.25) is 4.79 Å². The standard InChI is InChI=1S/C12H17F3N2O4/c13-12(14,15)11(3-4-16-6-11)10(20)17-5-7-1-2-8(21-7)9(18)19/h7-8,16H,1-6H2,(H,17,20)(H,18,19). The van der Waals surface area contributed by atoms with Crippen molar-refractivity contribution in [3.63, 3.8) is 0 Å². The van der Waals surface area contributed by atoms with Gasteiger partial charge in [-0.2, -0.15) is 13.2 Å². The van der Waals surface area contributed by atoms with Crippen LogP contribution in [-0.2, 0) is 14.3 Å². The summed E-state index contributed by atoms with van der Waals surface area (Å²) in [6.45, 7) is -0.417. The molecule has 2 aliphatic heterocycles. The first-order chi connectivity index (χ1) is 9.76. The summed E-state index contributed by atoms with van der Waals surface area (Å²) in [6.07, 6.45) is -5.74. The highest BCUT2D eigenvalue weighted by Gasteiger charge is 2.61. The molecule has 6 nitrogen and oxygen atoms in total. The van der Waals surface area contributed by atoms with Gasteiger partial charge >= 0.3 is 12.1 Å². The number of hydrogen-bond donors (Lipinski definition) is 3. The number of carbonyl (C=O) groups excluding carboxylic acids is 1. The Morgan fingerprint density at radius 2 is 2.10 bits per heavy atom. The number of hydrogen-bond acceptors (Lipinski definition) is 4. The van der Waals surface area contributed by atoms with Crippen molar-refractivity contribution >= 4 is 11.9 Å². The topological polar surface area (TPSA) is 87.7 Å². The van der Waals surface area contributed by atoms with E-state index in [1.165, 1.54) is 0 Å². The molecule has 2 aliphatic rings. The molecule has 0 saturated carbocycles. The first-order valence-electron chi connectivity index (χ1n) is 6.70. The van der Waals surface area contributed by atoms with Crippen LogP contribution >= 0.6 is 0 Å². The zero-order valence-corrected chi connectivity index (χ0v) is 11.2. The predicted molar refractivity (Wildman–Crippen MR) is 64.5 cm³/mol. The first-order valence-corrected chi connectivity index (χ1v) is 6.70. The first kappa shape index (κ1) is 16.0. The molecule has 120 valence electrons. The van der Waals surface area contributed by atoms with Crippen LogP contribution in [0.3, 0.4) is 0 Å². The molecule has 0 aromatic rings. The Morgan fingerprint density at radius 1 is 1.38 bits per heavy atom. The number of carbonyl (C=O) groups is 2. The van der Waals surface area contributed by atoms with Gasteiger partial charge in [0.05, 0.1) is 6.10 Å². The lowest BCUT2D eigenvalue weighted by molar-refractivity contribution is -0.216. The average molecular weight is 310 g/mol. The molecule has 3 unspecified atom stereocenters. The number of amides is 1. The number of carboxylic acids is 1. The van der Waals surface area contributed by atoms with E-state index in [1.54, 1.807) is 0 Å². The highest BCUT2D eigenvalue weighted by atomic mass is 19.4. The van der Waals surface area contributed by atoms with E-state index < -0.39 is 42.2 Å². The van der Waals surface area contributed by atoms with Crippen LogP contribution in [0.2, 0.25) is 0 Å². The van der Waals surface area contributed by atoms with Gasteiger partial charge in [0.15, 0.2) is 11.5 Å². The maximum atomic E-state index is 13.1.